The van der Waals surface area contributed by atoms with Crippen molar-refractivity contribution in [3.05, 3.63) is 72.3 Å². The second-order valence-corrected chi connectivity index (χ2v) is 8.48. The van der Waals surface area contributed by atoms with Gasteiger partial charge in [-0.1, -0.05) is 12.1 Å². The molecule has 31 heavy (non-hydrogen) atoms. The molecule has 0 atom stereocenters. The summed E-state index contributed by atoms with van der Waals surface area (Å²) in [6.45, 7) is -3.08. The van der Waals surface area contributed by atoms with Gasteiger partial charge in [-0.25, -0.2) is 17.2 Å². The number of hydrogen-bond acceptors (Lipinski definition) is 4. The molecule has 0 N–H and O–H groups in total. The zero-order chi connectivity index (χ0) is 22.2. The van der Waals surface area contributed by atoms with Crippen molar-refractivity contribution < 1.29 is 35.5 Å². The van der Waals surface area contributed by atoms with Crippen LogP contribution in [0.1, 0.15) is 0 Å². The van der Waals surface area contributed by atoms with Crippen LogP contribution < -0.4 is 13.8 Å². The van der Waals surface area contributed by atoms with E-state index in [0.717, 1.165) is 28.6 Å². The zero-order valence-electron chi connectivity index (χ0n) is 15.8. The lowest BCUT2D eigenvalue weighted by molar-refractivity contribution is -0.0499. The van der Waals surface area contributed by atoms with Crippen LogP contribution in [0.3, 0.4) is 0 Å². The maximum atomic E-state index is 13.9. The fourth-order valence-corrected chi connectivity index (χ4v) is 4.76. The van der Waals surface area contributed by atoms with Crippen LogP contribution >= 0.6 is 0 Å². The fraction of sp³-hybridized carbons (Fsp3) is 0.143. The third-order valence-electron chi connectivity index (χ3n) is 4.59. The summed E-state index contributed by atoms with van der Waals surface area (Å²) < 4.78 is 89.7. The molecule has 4 rings (SSSR count). The predicted octanol–water partition coefficient (Wildman–Crippen LogP) is 4.82. The molecule has 0 radical (unpaired) electrons. The molecule has 1 heterocycles. The summed E-state index contributed by atoms with van der Waals surface area (Å²) in [6.07, 6.45) is 0. The minimum absolute atomic E-state index is 0.0296. The average Bonchev–Trinajstić information content (AvgIpc) is 2.72. The van der Waals surface area contributed by atoms with E-state index < -0.39 is 28.3 Å². The van der Waals surface area contributed by atoms with E-state index in [1.165, 1.54) is 36.4 Å². The third-order valence-corrected chi connectivity index (χ3v) is 6.40. The number of fused-ring (bicyclic) bond motifs is 1. The first-order valence-corrected chi connectivity index (χ1v) is 10.5. The molecule has 3 aromatic rings. The molecule has 0 fully saturated rings. The van der Waals surface area contributed by atoms with Gasteiger partial charge >= 0.3 is 6.61 Å². The number of anilines is 1. The Morgan fingerprint density at radius 3 is 2.48 bits per heavy atom. The molecule has 0 saturated carbocycles. The van der Waals surface area contributed by atoms with E-state index in [9.17, 15) is 26.0 Å². The molecule has 0 aromatic heterocycles. The van der Waals surface area contributed by atoms with Crippen LogP contribution in [0.25, 0.3) is 11.1 Å². The van der Waals surface area contributed by atoms with Gasteiger partial charge in [0.2, 0.25) is 0 Å². The van der Waals surface area contributed by atoms with Crippen molar-refractivity contribution in [1.29, 1.82) is 0 Å². The second-order valence-electron chi connectivity index (χ2n) is 6.62. The first kappa shape index (κ1) is 21.0. The molecule has 162 valence electrons. The quantitative estimate of drug-likeness (QED) is 0.520. The van der Waals surface area contributed by atoms with Crippen LogP contribution in [0.2, 0.25) is 0 Å². The van der Waals surface area contributed by atoms with Gasteiger partial charge in [-0.05, 0) is 53.6 Å². The first-order valence-electron chi connectivity index (χ1n) is 9.05. The van der Waals surface area contributed by atoms with E-state index in [1.54, 1.807) is 0 Å². The van der Waals surface area contributed by atoms with E-state index in [0.29, 0.717) is 5.56 Å². The topological polar surface area (TPSA) is 55.8 Å². The molecule has 1 aliphatic rings. The molecular weight excluding hydrogens is 438 g/mol. The number of sulfonamides is 1. The molecule has 0 amide bonds. The first-order chi connectivity index (χ1) is 14.7. The predicted molar refractivity (Wildman–Crippen MR) is 105 cm³/mol. The second kappa shape index (κ2) is 8.10. The summed E-state index contributed by atoms with van der Waals surface area (Å²) in [5.41, 5.74) is 0.711. The molecule has 0 unspecified atom stereocenters. The SMILES string of the molecule is O=S(=O)(c1cccc(F)c1)N1CCOc2ccc(-c3cc(F)cc(OC(F)F)c3)cc21. The lowest BCUT2D eigenvalue weighted by atomic mass is 10.0. The van der Waals surface area contributed by atoms with E-state index in [1.807, 2.05) is 0 Å². The summed E-state index contributed by atoms with van der Waals surface area (Å²) in [5.74, 6) is -1.61. The van der Waals surface area contributed by atoms with Gasteiger partial charge in [0, 0.05) is 6.07 Å². The monoisotopic (exact) mass is 453 g/mol. The highest BCUT2D eigenvalue weighted by Gasteiger charge is 2.30. The van der Waals surface area contributed by atoms with Crippen LogP contribution in [-0.2, 0) is 10.0 Å². The highest BCUT2D eigenvalue weighted by molar-refractivity contribution is 7.92. The van der Waals surface area contributed by atoms with Crippen LogP contribution in [-0.4, -0.2) is 28.2 Å². The smallest absolute Gasteiger partial charge is 0.387 e. The van der Waals surface area contributed by atoms with E-state index >= 15 is 0 Å². The number of benzene rings is 3. The van der Waals surface area contributed by atoms with Crippen molar-refractivity contribution in [2.45, 2.75) is 11.5 Å². The number of rotatable bonds is 5. The van der Waals surface area contributed by atoms with Gasteiger partial charge in [-0.2, -0.15) is 8.78 Å². The van der Waals surface area contributed by atoms with Crippen LogP contribution in [0.5, 0.6) is 11.5 Å². The van der Waals surface area contributed by atoms with Crippen LogP contribution in [0.15, 0.2) is 65.6 Å². The standard InChI is InChI=1S/C21H15F4NO4S/c22-15-2-1-3-18(12-15)31(27,28)26-6-7-29-20-5-4-13(10-19(20)26)14-8-16(23)11-17(9-14)30-21(24)25/h1-5,8-12,21H,6-7H2. The molecule has 0 spiro atoms. The summed E-state index contributed by atoms with van der Waals surface area (Å²) >= 11 is 0. The molecular formula is C21H15F4NO4S. The van der Waals surface area contributed by atoms with Crippen LogP contribution in [0, 0.1) is 11.6 Å². The van der Waals surface area contributed by atoms with E-state index in [-0.39, 0.29) is 40.8 Å². The van der Waals surface area contributed by atoms with Crippen molar-refractivity contribution in [2.24, 2.45) is 0 Å². The summed E-state index contributed by atoms with van der Waals surface area (Å²) in [5, 5.41) is 0. The molecule has 0 bridgehead atoms. The summed E-state index contributed by atoms with van der Waals surface area (Å²) in [7, 11) is -4.11. The van der Waals surface area contributed by atoms with Crippen molar-refractivity contribution in [1.82, 2.24) is 0 Å². The van der Waals surface area contributed by atoms with Crippen LogP contribution in [0.4, 0.5) is 23.2 Å². The minimum atomic E-state index is -4.11. The van der Waals surface area contributed by atoms with Gasteiger partial charge in [0.1, 0.15) is 29.7 Å². The molecule has 3 aromatic carbocycles. The highest BCUT2D eigenvalue weighted by atomic mass is 32.2. The fourth-order valence-electron chi connectivity index (χ4n) is 3.28. The lowest BCUT2D eigenvalue weighted by Crippen LogP contribution is -2.38. The summed E-state index contributed by atoms with van der Waals surface area (Å²) in [6, 6.07) is 12.2. The largest absolute Gasteiger partial charge is 0.489 e. The Kier molecular flexibility index (Phi) is 5.48. The molecule has 10 heteroatoms. The Labute approximate surface area is 175 Å². The number of alkyl halides is 2. The molecule has 5 nitrogen and oxygen atoms in total. The Morgan fingerprint density at radius 1 is 0.935 bits per heavy atom. The summed E-state index contributed by atoms with van der Waals surface area (Å²) in [4.78, 5) is -0.232. The van der Waals surface area contributed by atoms with E-state index in [4.69, 9.17) is 4.74 Å². The van der Waals surface area contributed by atoms with Crippen molar-refractivity contribution in [3.8, 4) is 22.6 Å². The van der Waals surface area contributed by atoms with Crippen molar-refractivity contribution in [2.75, 3.05) is 17.5 Å². The number of ether oxygens (including phenoxy) is 2. The molecule has 0 aliphatic carbocycles. The van der Waals surface area contributed by atoms with Gasteiger partial charge in [0.15, 0.2) is 0 Å². The van der Waals surface area contributed by atoms with E-state index in [2.05, 4.69) is 4.74 Å². The molecule has 1 aliphatic heterocycles. The Morgan fingerprint density at radius 2 is 1.74 bits per heavy atom. The number of halogens is 4. The Bertz CT molecular complexity index is 1230. The highest BCUT2D eigenvalue weighted by Crippen LogP contribution is 2.39. The number of nitrogens with zero attached hydrogens (tertiary/aromatic N) is 1. The molecule has 0 saturated heterocycles. The van der Waals surface area contributed by atoms with Gasteiger partial charge in [0.05, 0.1) is 17.1 Å². The van der Waals surface area contributed by atoms with Crippen molar-refractivity contribution in [3.63, 3.8) is 0 Å². The van der Waals surface area contributed by atoms with Gasteiger partial charge < -0.3 is 9.47 Å². The number of hydrogen-bond donors (Lipinski definition) is 0. The van der Waals surface area contributed by atoms with Gasteiger partial charge in [0.25, 0.3) is 10.0 Å². The normalized spacial score (nSPS) is 13.6. The van der Waals surface area contributed by atoms with Gasteiger partial charge in [-0.15, -0.1) is 0 Å². The van der Waals surface area contributed by atoms with Gasteiger partial charge in [-0.3, -0.25) is 4.31 Å². The maximum absolute atomic E-state index is 13.9. The minimum Gasteiger partial charge on any atom is -0.489 e. The average molecular weight is 453 g/mol. The van der Waals surface area contributed by atoms with Crippen molar-refractivity contribution >= 4 is 15.7 Å². The lowest BCUT2D eigenvalue weighted by Gasteiger charge is -2.31. The zero-order valence-corrected chi connectivity index (χ0v) is 16.6. The Balaban J connectivity index is 1.78. The third kappa shape index (κ3) is 4.29. The Hall–Kier alpha value is -3.27. The maximum Gasteiger partial charge on any atom is 0.387 e.